The Kier molecular flexibility index (Phi) is 11.2. The van der Waals surface area contributed by atoms with Crippen LogP contribution >= 0.6 is 0 Å². The summed E-state index contributed by atoms with van der Waals surface area (Å²) in [6, 6.07) is 4.34. The lowest BCUT2D eigenvalue weighted by Gasteiger charge is -2.32. The SMILES string of the molecule is CC.CC(C)c1ccnc(-c2nc3nc(C(=O)O)nc(NC(C)C4CCC4)c3n2CC2CCCCC2)c1.CF. The molecule has 3 aromatic heterocycles. The highest BCUT2D eigenvalue weighted by molar-refractivity contribution is 5.92. The molecule has 5 rings (SSSR count). The average Bonchev–Trinajstić information content (AvgIpc) is 3.29. The second-order valence-corrected chi connectivity index (χ2v) is 10.7. The third-order valence-corrected chi connectivity index (χ3v) is 7.86. The van der Waals surface area contributed by atoms with Crippen LogP contribution in [0, 0.1) is 11.8 Å². The molecule has 0 saturated heterocycles. The third kappa shape index (κ3) is 7.11. The van der Waals surface area contributed by atoms with Gasteiger partial charge in [0, 0.05) is 18.8 Å². The van der Waals surface area contributed by atoms with E-state index in [4.69, 9.17) is 4.98 Å². The normalized spacial score (nSPS) is 16.5. The number of carboxylic acid groups (broad SMARTS) is 1. The smallest absolute Gasteiger partial charge is 0.374 e. The largest absolute Gasteiger partial charge is 0.475 e. The van der Waals surface area contributed by atoms with Crippen molar-refractivity contribution in [3.8, 4) is 11.5 Å². The molecule has 3 heterocycles. The Morgan fingerprint density at radius 1 is 1.05 bits per heavy atom. The van der Waals surface area contributed by atoms with E-state index in [1.54, 1.807) is 0 Å². The molecule has 2 N–H and O–H groups in total. The Balaban J connectivity index is 0.00000100. The zero-order chi connectivity index (χ0) is 28.5. The highest BCUT2D eigenvalue weighted by Gasteiger charge is 2.28. The van der Waals surface area contributed by atoms with Crippen molar-refractivity contribution in [2.75, 3.05) is 12.5 Å². The van der Waals surface area contributed by atoms with Gasteiger partial charge in [0.25, 0.3) is 0 Å². The summed E-state index contributed by atoms with van der Waals surface area (Å²) in [6.07, 6.45) is 11.6. The fourth-order valence-electron chi connectivity index (χ4n) is 5.44. The van der Waals surface area contributed by atoms with Crippen molar-refractivity contribution >= 4 is 23.0 Å². The first-order chi connectivity index (χ1) is 18.9. The number of rotatable bonds is 8. The Labute approximate surface area is 231 Å². The first-order valence-corrected chi connectivity index (χ1v) is 14.5. The molecular weight excluding hydrogens is 495 g/mol. The van der Waals surface area contributed by atoms with E-state index < -0.39 is 5.97 Å². The summed E-state index contributed by atoms with van der Waals surface area (Å²) >= 11 is 0. The van der Waals surface area contributed by atoms with Crippen LogP contribution in [-0.2, 0) is 6.54 Å². The van der Waals surface area contributed by atoms with Gasteiger partial charge in [-0.1, -0.05) is 53.4 Å². The van der Waals surface area contributed by atoms with Gasteiger partial charge in [0.1, 0.15) is 11.2 Å². The first kappa shape index (κ1) is 30.4. The van der Waals surface area contributed by atoms with Gasteiger partial charge in [0.05, 0.1) is 7.18 Å². The third-order valence-electron chi connectivity index (χ3n) is 7.86. The number of imidazole rings is 1. The molecule has 8 nitrogen and oxygen atoms in total. The summed E-state index contributed by atoms with van der Waals surface area (Å²) in [4.78, 5) is 30.3. The summed E-state index contributed by atoms with van der Waals surface area (Å²) in [6.45, 7) is 11.3. The van der Waals surface area contributed by atoms with Crippen LogP contribution < -0.4 is 5.32 Å². The molecular formula is C30H45FN6O2. The maximum atomic E-state index is 11.9. The maximum absolute atomic E-state index is 11.9. The number of aromatic carboxylic acids is 1. The van der Waals surface area contributed by atoms with Crippen LogP contribution in [0.3, 0.4) is 0 Å². The lowest BCUT2D eigenvalue weighted by Crippen LogP contribution is -2.31. The number of pyridine rings is 1. The highest BCUT2D eigenvalue weighted by atomic mass is 19.1. The Morgan fingerprint density at radius 2 is 1.74 bits per heavy atom. The maximum Gasteiger partial charge on any atom is 0.374 e. The van der Waals surface area contributed by atoms with Crippen molar-refractivity contribution in [1.29, 1.82) is 0 Å². The van der Waals surface area contributed by atoms with Crippen molar-refractivity contribution in [2.24, 2.45) is 11.8 Å². The zero-order valence-corrected chi connectivity index (χ0v) is 24.4. The molecule has 0 aliphatic heterocycles. The van der Waals surface area contributed by atoms with Crippen molar-refractivity contribution in [1.82, 2.24) is 24.5 Å². The van der Waals surface area contributed by atoms with Crippen molar-refractivity contribution in [3.63, 3.8) is 0 Å². The molecule has 1 atom stereocenters. The monoisotopic (exact) mass is 540 g/mol. The molecule has 0 bridgehead atoms. The molecule has 0 aromatic carbocycles. The second kappa shape index (κ2) is 14.3. The van der Waals surface area contributed by atoms with E-state index >= 15 is 0 Å². The number of halogens is 1. The first-order valence-electron chi connectivity index (χ1n) is 14.5. The fourth-order valence-corrected chi connectivity index (χ4v) is 5.44. The van der Waals surface area contributed by atoms with Gasteiger partial charge in [-0.05, 0) is 68.1 Å². The van der Waals surface area contributed by atoms with E-state index in [1.165, 1.54) is 56.9 Å². The molecule has 1 unspecified atom stereocenters. The molecule has 2 saturated carbocycles. The Hall–Kier alpha value is -3.10. The molecule has 0 radical (unpaired) electrons. The molecule has 0 spiro atoms. The van der Waals surface area contributed by atoms with E-state index in [2.05, 4.69) is 51.7 Å². The van der Waals surface area contributed by atoms with E-state index in [9.17, 15) is 14.3 Å². The van der Waals surface area contributed by atoms with Gasteiger partial charge in [-0.3, -0.25) is 9.37 Å². The van der Waals surface area contributed by atoms with E-state index in [-0.39, 0.29) is 11.9 Å². The van der Waals surface area contributed by atoms with Crippen LogP contribution in [0.2, 0.25) is 0 Å². The van der Waals surface area contributed by atoms with Gasteiger partial charge in [-0.15, -0.1) is 0 Å². The standard InChI is InChI=1S/C27H36N6O2.C2H6.CH3F/c1-16(2)20-12-13-28-21(14-20)26-32-24-22(33(26)15-18-8-5-4-6-9-18)23(30-25(31-24)27(34)35)29-17(3)19-10-7-11-19;2*1-2/h12-14,16-19H,4-11,15H2,1-3H3,(H,34,35)(H,29,30,31);1-2H3;1H3. The number of hydrogen-bond acceptors (Lipinski definition) is 6. The van der Waals surface area contributed by atoms with Crippen molar-refractivity contribution in [3.05, 3.63) is 29.7 Å². The Morgan fingerprint density at radius 3 is 2.33 bits per heavy atom. The number of carboxylic acids is 1. The van der Waals surface area contributed by atoms with Crippen LogP contribution in [0.1, 0.15) is 108 Å². The zero-order valence-electron chi connectivity index (χ0n) is 24.4. The highest BCUT2D eigenvalue weighted by Crippen LogP contribution is 2.35. The number of nitrogens with zero attached hydrogens (tertiary/aromatic N) is 5. The van der Waals surface area contributed by atoms with Gasteiger partial charge < -0.3 is 15.0 Å². The molecule has 3 aromatic rings. The van der Waals surface area contributed by atoms with Crippen LogP contribution in [0.25, 0.3) is 22.7 Å². The average molecular weight is 541 g/mol. The van der Waals surface area contributed by atoms with E-state index in [0.717, 1.165) is 23.6 Å². The number of carbonyl (C=O) groups is 1. The predicted molar refractivity (Wildman–Crippen MR) is 155 cm³/mol. The number of hydrogen-bond donors (Lipinski definition) is 2. The van der Waals surface area contributed by atoms with Gasteiger partial charge in [0.2, 0.25) is 5.82 Å². The molecule has 2 fully saturated rings. The molecule has 9 heteroatoms. The van der Waals surface area contributed by atoms with Gasteiger partial charge in [-0.25, -0.2) is 19.7 Å². The predicted octanol–water partition coefficient (Wildman–Crippen LogP) is 7.50. The number of alkyl halides is 1. The second-order valence-electron chi connectivity index (χ2n) is 10.7. The minimum absolute atomic E-state index is 0.201. The summed E-state index contributed by atoms with van der Waals surface area (Å²) in [5, 5.41) is 13.3. The number of fused-ring (bicyclic) bond motifs is 1. The minimum atomic E-state index is -1.14. The summed E-state index contributed by atoms with van der Waals surface area (Å²) in [7, 11) is 0.500. The lowest BCUT2D eigenvalue weighted by molar-refractivity contribution is 0.0684. The summed E-state index contributed by atoms with van der Waals surface area (Å²) < 4.78 is 11.7. The van der Waals surface area contributed by atoms with Crippen LogP contribution in [0.4, 0.5) is 10.2 Å². The molecule has 39 heavy (non-hydrogen) atoms. The van der Waals surface area contributed by atoms with Crippen LogP contribution in [-0.4, -0.2) is 48.8 Å². The van der Waals surface area contributed by atoms with E-state index in [1.807, 2.05) is 26.1 Å². The fraction of sp³-hybridized carbons (Fsp3) is 0.633. The summed E-state index contributed by atoms with van der Waals surface area (Å²) in [5.41, 5.74) is 3.20. The molecule has 0 amide bonds. The minimum Gasteiger partial charge on any atom is -0.475 e. The Bertz CT molecular complexity index is 1220. The van der Waals surface area contributed by atoms with Gasteiger partial charge in [-0.2, -0.15) is 0 Å². The number of nitrogens with one attached hydrogen (secondary N) is 1. The topological polar surface area (TPSA) is 106 Å². The number of anilines is 1. The molecule has 2 aliphatic rings. The quantitative estimate of drug-likeness (QED) is 0.305. The van der Waals surface area contributed by atoms with Gasteiger partial charge >= 0.3 is 5.97 Å². The van der Waals surface area contributed by atoms with Gasteiger partial charge in [0.15, 0.2) is 17.3 Å². The van der Waals surface area contributed by atoms with Crippen LogP contribution in [0.5, 0.6) is 0 Å². The lowest BCUT2D eigenvalue weighted by atomic mass is 9.80. The van der Waals surface area contributed by atoms with Crippen molar-refractivity contribution < 1.29 is 14.3 Å². The molecule has 214 valence electrons. The van der Waals surface area contributed by atoms with Crippen molar-refractivity contribution in [2.45, 2.75) is 104 Å². The van der Waals surface area contributed by atoms with E-state index in [0.29, 0.717) is 36.4 Å². The molecule has 2 aliphatic carbocycles. The number of aromatic nitrogens is 5. The summed E-state index contributed by atoms with van der Waals surface area (Å²) in [5.74, 6) is 1.43. The van der Waals surface area contributed by atoms with Crippen LogP contribution in [0.15, 0.2) is 18.3 Å².